The monoisotopic (exact) mass is 376 g/mol. The predicted octanol–water partition coefficient (Wildman–Crippen LogP) is 5.47. The Morgan fingerprint density at radius 2 is 1.89 bits per heavy atom. The summed E-state index contributed by atoms with van der Waals surface area (Å²) in [5.41, 5.74) is 3.45. The number of aromatic nitrogens is 1. The Morgan fingerprint density at radius 3 is 2.56 bits per heavy atom. The van der Waals surface area contributed by atoms with Gasteiger partial charge in [0.25, 0.3) is 0 Å². The lowest BCUT2D eigenvalue weighted by molar-refractivity contribution is -0.136. The molecule has 0 aliphatic heterocycles. The van der Waals surface area contributed by atoms with E-state index in [0.29, 0.717) is 11.4 Å². The highest BCUT2D eigenvalue weighted by Gasteiger charge is 2.32. The van der Waals surface area contributed by atoms with Crippen molar-refractivity contribution in [3.8, 4) is 5.75 Å². The summed E-state index contributed by atoms with van der Waals surface area (Å²) in [5, 5.41) is 4.08. The van der Waals surface area contributed by atoms with Crippen molar-refractivity contribution in [2.75, 3.05) is 12.4 Å². The van der Waals surface area contributed by atoms with E-state index < -0.39 is 18.6 Å². The van der Waals surface area contributed by atoms with E-state index in [1.807, 2.05) is 55.1 Å². The van der Waals surface area contributed by atoms with Gasteiger partial charge in [-0.15, -0.1) is 0 Å². The largest absolute Gasteiger partial charge is 0.497 e. The van der Waals surface area contributed by atoms with E-state index in [2.05, 4.69) is 5.32 Å². The first-order valence-electron chi connectivity index (χ1n) is 8.77. The van der Waals surface area contributed by atoms with Gasteiger partial charge in [-0.25, -0.2) is 0 Å². The van der Waals surface area contributed by atoms with Crippen LogP contribution in [0, 0.1) is 6.92 Å². The molecule has 0 aliphatic carbocycles. The van der Waals surface area contributed by atoms with E-state index >= 15 is 0 Å². The highest BCUT2D eigenvalue weighted by Crippen LogP contribution is 2.30. The minimum atomic E-state index is -4.25. The molecule has 0 amide bonds. The molecule has 144 valence electrons. The maximum absolute atomic E-state index is 13.2. The number of para-hydroxylation sites is 1. The molecule has 0 aliphatic rings. The third-order valence-electron chi connectivity index (χ3n) is 4.72. The fourth-order valence-electron chi connectivity index (χ4n) is 3.45. The summed E-state index contributed by atoms with van der Waals surface area (Å²) < 4.78 is 46.7. The first-order chi connectivity index (χ1) is 12.8. The van der Waals surface area contributed by atoms with Crippen LogP contribution in [-0.2, 0) is 13.5 Å². The number of methoxy groups -OCH3 is 1. The zero-order chi connectivity index (χ0) is 19.6. The van der Waals surface area contributed by atoms with Gasteiger partial charge >= 0.3 is 6.18 Å². The molecule has 1 atom stereocenters. The molecular weight excluding hydrogens is 353 g/mol. The number of rotatable bonds is 6. The first-order valence-corrected chi connectivity index (χ1v) is 8.77. The fraction of sp³-hybridized carbons (Fsp3) is 0.333. The number of nitrogens with one attached hydrogen (secondary N) is 1. The topological polar surface area (TPSA) is 26.2 Å². The zero-order valence-corrected chi connectivity index (χ0v) is 15.6. The summed E-state index contributed by atoms with van der Waals surface area (Å²) in [7, 11) is 3.47. The van der Waals surface area contributed by atoms with Gasteiger partial charge in [-0.2, -0.15) is 13.2 Å². The van der Waals surface area contributed by atoms with Gasteiger partial charge in [0.2, 0.25) is 0 Å². The maximum atomic E-state index is 13.2. The summed E-state index contributed by atoms with van der Waals surface area (Å²) >= 11 is 0. The van der Waals surface area contributed by atoms with Crippen LogP contribution in [0.2, 0.25) is 0 Å². The van der Waals surface area contributed by atoms with Gasteiger partial charge in [0.15, 0.2) is 0 Å². The Hall–Kier alpha value is -2.63. The second-order valence-electron chi connectivity index (χ2n) is 6.83. The second kappa shape index (κ2) is 7.55. The third kappa shape index (κ3) is 4.56. The molecular formula is C21H23F3N2O. The number of hydrogen-bond acceptors (Lipinski definition) is 2. The van der Waals surface area contributed by atoms with Gasteiger partial charge < -0.3 is 14.6 Å². The van der Waals surface area contributed by atoms with E-state index in [9.17, 15) is 13.2 Å². The Morgan fingerprint density at radius 1 is 1.15 bits per heavy atom. The molecule has 0 fully saturated rings. The molecule has 0 radical (unpaired) electrons. The van der Waals surface area contributed by atoms with E-state index in [1.54, 1.807) is 19.2 Å². The van der Waals surface area contributed by atoms with Crippen molar-refractivity contribution < 1.29 is 17.9 Å². The smallest absolute Gasteiger partial charge is 0.391 e. The highest BCUT2D eigenvalue weighted by molar-refractivity contribution is 5.84. The molecule has 3 nitrogen and oxygen atoms in total. The lowest BCUT2D eigenvalue weighted by atomic mass is 10.0. The van der Waals surface area contributed by atoms with Crippen LogP contribution in [0.4, 0.5) is 18.9 Å². The lowest BCUT2D eigenvalue weighted by Crippen LogP contribution is -2.29. The van der Waals surface area contributed by atoms with E-state index in [0.717, 1.165) is 22.0 Å². The molecule has 1 aromatic heterocycles. The van der Waals surface area contributed by atoms with E-state index in [4.69, 9.17) is 4.74 Å². The molecule has 0 saturated heterocycles. The van der Waals surface area contributed by atoms with Crippen molar-refractivity contribution in [3.05, 3.63) is 59.8 Å². The van der Waals surface area contributed by atoms with Crippen molar-refractivity contribution in [3.63, 3.8) is 0 Å². The Kier molecular flexibility index (Phi) is 5.35. The minimum Gasteiger partial charge on any atom is -0.497 e. The van der Waals surface area contributed by atoms with Crippen LogP contribution < -0.4 is 10.1 Å². The molecule has 1 N–H and O–H groups in total. The number of fused-ring (bicyclic) bond motifs is 1. The standard InChI is InChI=1S/C21H23F3N2O/c1-14-10-17(27-3)8-9-19(14)25-16(12-21(22,23)24)11-15-13-26(2)20-7-5-4-6-18(15)20/h4-10,13,16,25H,11-12H2,1-3H3. The predicted molar refractivity (Wildman–Crippen MR) is 102 cm³/mol. The molecule has 6 heteroatoms. The Bertz CT molecular complexity index is 931. The summed E-state index contributed by atoms with van der Waals surface area (Å²) in [6, 6.07) is 12.3. The molecule has 0 saturated carbocycles. The summed E-state index contributed by atoms with van der Waals surface area (Å²) in [4.78, 5) is 0. The Balaban J connectivity index is 1.89. The van der Waals surface area contributed by atoms with Crippen LogP contribution in [0.1, 0.15) is 17.5 Å². The second-order valence-corrected chi connectivity index (χ2v) is 6.83. The minimum absolute atomic E-state index is 0.284. The van der Waals surface area contributed by atoms with Crippen molar-refractivity contribution in [1.82, 2.24) is 4.57 Å². The van der Waals surface area contributed by atoms with Crippen molar-refractivity contribution >= 4 is 16.6 Å². The number of anilines is 1. The Labute approximate surface area is 156 Å². The molecule has 2 aromatic carbocycles. The normalized spacial score (nSPS) is 13.0. The number of halogens is 3. The molecule has 1 unspecified atom stereocenters. The number of alkyl halides is 3. The lowest BCUT2D eigenvalue weighted by Gasteiger charge is -2.22. The molecule has 3 rings (SSSR count). The van der Waals surface area contributed by atoms with Gasteiger partial charge in [-0.3, -0.25) is 0 Å². The van der Waals surface area contributed by atoms with Crippen LogP contribution in [0.15, 0.2) is 48.7 Å². The van der Waals surface area contributed by atoms with Crippen LogP contribution in [0.5, 0.6) is 5.75 Å². The summed E-state index contributed by atoms with van der Waals surface area (Å²) in [6.45, 7) is 1.85. The van der Waals surface area contributed by atoms with E-state index in [1.165, 1.54) is 0 Å². The molecule has 1 heterocycles. The van der Waals surface area contributed by atoms with Gasteiger partial charge in [-0.05, 0) is 48.7 Å². The number of aryl methyl sites for hydroxylation is 2. The van der Waals surface area contributed by atoms with E-state index in [-0.39, 0.29) is 6.42 Å². The summed E-state index contributed by atoms with van der Waals surface area (Å²) in [5.74, 6) is 0.680. The summed E-state index contributed by atoms with van der Waals surface area (Å²) in [6.07, 6.45) is -2.95. The average molecular weight is 376 g/mol. The fourth-order valence-corrected chi connectivity index (χ4v) is 3.45. The van der Waals surface area contributed by atoms with Gasteiger partial charge in [-0.1, -0.05) is 18.2 Å². The van der Waals surface area contributed by atoms with Crippen LogP contribution >= 0.6 is 0 Å². The van der Waals surface area contributed by atoms with Gasteiger partial charge in [0.1, 0.15) is 5.75 Å². The molecule has 0 bridgehead atoms. The van der Waals surface area contributed by atoms with Crippen LogP contribution in [-0.4, -0.2) is 23.9 Å². The molecule has 3 aromatic rings. The van der Waals surface area contributed by atoms with Crippen LogP contribution in [0.25, 0.3) is 10.9 Å². The average Bonchev–Trinajstić information content (AvgIpc) is 2.91. The number of ether oxygens (including phenoxy) is 1. The SMILES string of the molecule is COc1ccc(NC(Cc2cn(C)c3ccccc23)CC(F)(F)F)c(C)c1. The zero-order valence-electron chi connectivity index (χ0n) is 15.6. The highest BCUT2D eigenvalue weighted by atomic mass is 19.4. The van der Waals surface area contributed by atoms with Crippen molar-refractivity contribution in [2.45, 2.75) is 32.0 Å². The van der Waals surface area contributed by atoms with Crippen molar-refractivity contribution in [2.24, 2.45) is 7.05 Å². The maximum Gasteiger partial charge on any atom is 0.391 e. The number of benzene rings is 2. The van der Waals surface area contributed by atoms with Crippen LogP contribution in [0.3, 0.4) is 0 Å². The van der Waals surface area contributed by atoms with Crippen molar-refractivity contribution in [1.29, 1.82) is 0 Å². The molecule has 0 spiro atoms. The molecule has 27 heavy (non-hydrogen) atoms. The third-order valence-corrected chi connectivity index (χ3v) is 4.72. The first kappa shape index (κ1) is 19.1. The quantitative estimate of drug-likeness (QED) is 0.617. The van der Waals surface area contributed by atoms with Gasteiger partial charge in [0, 0.05) is 35.9 Å². The van der Waals surface area contributed by atoms with Gasteiger partial charge in [0.05, 0.1) is 13.5 Å². The number of nitrogens with zero attached hydrogens (tertiary/aromatic N) is 1. The number of hydrogen-bond donors (Lipinski definition) is 1.